The lowest BCUT2D eigenvalue weighted by Crippen LogP contribution is -2.38. The second-order valence-electron chi connectivity index (χ2n) is 8.53. The number of likely N-dealkylation sites (N-methyl/N-ethyl adjacent to an activating group) is 1. The summed E-state index contributed by atoms with van der Waals surface area (Å²) in [6, 6.07) is 9.82. The summed E-state index contributed by atoms with van der Waals surface area (Å²) < 4.78 is 5.71. The van der Waals surface area contributed by atoms with Gasteiger partial charge in [0.05, 0.1) is 18.2 Å². The van der Waals surface area contributed by atoms with Crippen LogP contribution in [-0.4, -0.2) is 64.4 Å². The minimum Gasteiger partial charge on any atom is -0.507 e. The second kappa shape index (κ2) is 11.1. The van der Waals surface area contributed by atoms with Crippen molar-refractivity contribution in [2.24, 2.45) is 5.92 Å². The van der Waals surface area contributed by atoms with Crippen LogP contribution >= 0.6 is 0 Å². The molecule has 1 aromatic carbocycles. The highest BCUT2D eigenvalue weighted by atomic mass is 16.5. The van der Waals surface area contributed by atoms with Crippen molar-refractivity contribution in [1.82, 2.24) is 14.8 Å². The normalized spacial score (nSPS) is 17.9. The third kappa shape index (κ3) is 5.60. The fraction of sp³-hybridized carbons (Fsp3) is 0.423. The number of aliphatic hydroxyl groups excluding tert-OH is 1. The molecule has 1 atom stereocenters. The first-order valence-corrected chi connectivity index (χ1v) is 11.5. The molecule has 0 bridgehead atoms. The molecule has 1 N–H and O–H groups in total. The van der Waals surface area contributed by atoms with Gasteiger partial charge in [-0.2, -0.15) is 0 Å². The van der Waals surface area contributed by atoms with E-state index in [-0.39, 0.29) is 11.3 Å². The number of pyridine rings is 1. The van der Waals surface area contributed by atoms with E-state index in [9.17, 15) is 14.7 Å². The smallest absolute Gasteiger partial charge is 0.295 e. The van der Waals surface area contributed by atoms with Crippen LogP contribution in [0.2, 0.25) is 0 Å². The van der Waals surface area contributed by atoms with Crippen molar-refractivity contribution in [3.05, 3.63) is 65.5 Å². The highest BCUT2D eigenvalue weighted by molar-refractivity contribution is 6.46. The summed E-state index contributed by atoms with van der Waals surface area (Å²) in [5, 5.41) is 11.1. The minimum atomic E-state index is -0.689. The van der Waals surface area contributed by atoms with Crippen LogP contribution in [0.15, 0.2) is 54.4 Å². The predicted molar refractivity (Wildman–Crippen MR) is 128 cm³/mol. The van der Waals surface area contributed by atoms with E-state index in [0.29, 0.717) is 42.5 Å². The van der Waals surface area contributed by atoms with Crippen LogP contribution in [0.1, 0.15) is 44.9 Å². The molecule has 1 aliphatic rings. The van der Waals surface area contributed by atoms with E-state index in [0.717, 1.165) is 13.1 Å². The first-order chi connectivity index (χ1) is 15.9. The maximum absolute atomic E-state index is 13.1. The molecular formula is C26H33N3O4. The Kier molecular flexibility index (Phi) is 8.22. The van der Waals surface area contributed by atoms with Crippen molar-refractivity contribution in [2.75, 3.05) is 32.8 Å². The molecular weight excluding hydrogens is 418 g/mol. The number of Topliss-reactive ketones (excluding diaryl/α,β-unsaturated/α-hetero) is 1. The average molecular weight is 452 g/mol. The Morgan fingerprint density at radius 3 is 2.42 bits per heavy atom. The summed E-state index contributed by atoms with van der Waals surface area (Å²) >= 11 is 0. The molecule has 3 rings (SSSR count). The number of nitrogens with zero attached hydrogens (tertiary/aromatic N) is 3. The summed E-state index contributed by atoms with van der Waals surface area (Å²) in [5.74, 6) is -0.396. The number of carbonyl (C=O) groups is 2. The summed E-state index contributed by atoms with van der Waals surface area (Å²) in [4.78, 5) is 34.0. The molecule has 1 aromatic heterocycles. The van der Waals surface area contributed by atoms with Crippen molar-refractivity contribution >= 4 is 17.4 Å². The predicted octanol–water partition coefficient (Wildman–Crippen LogP) is 3.88. The Labute approximate surface area is 195 Å². The van der Waals surface area contributed by atoms with Gasteiger partial charge in [0.2, 0.25) is 0 Å². The molecule has 7 nitrogen and oxygen atoms in total. The van der Waals surface area contributed by atoms with E-state index in [1.807, 2.05) is 6.07 Å². The Morgan fingerprint density at radius 2 is 1.85 bits per heavy atom. The van der Waals surface area contributed by atoms with E-state index in [2.05, 4.69) is 37.6 Å². The maximum atomic E-state index is 13.1. The number of carbonyl (C=O) groups excluding carboxylic acids is 2. The number of benzene rings is 1. The number of likely N-dealkylation sites (tertiary alicyclic amines) is 1. The van der Waals surface area contributed by atoms with Crippen molar-refractivity contribution in [3.8, 4) is 5.75 Å². The number of amides is 1. The van der Waals surface area contributed by atoms with Gasteiger partial charge in [0.25, 0.3) is 11.7 Å². The quantitative estimate of drug-likeness (QED) is 0.335. The van der Waals surface area contributed by atoms with E-state index in [1.165, 1.54) is 0 Å². The second-order valence-corrected chi connectivity index (χ2v) is 8.53. The molecule has 7 heteroatoms. The number of aromatic nitrogens is 1. The van der Waals surface area contributed by atoms with Crippen molar-refractivity contribution in [2.45, 2.75) is 33.7 Å². The topological polar surface area (TPSA) is 83.0 Å². The molecule has 1 fully saturated rings. The monoisotopic (exact) mass is 451 g/mol. The summed E-state index contributed by atoms with van der Waals surface area (Å²) in [6.07, 6.45) is 3.28. The van der Waals surface area contributed by atoms with Crippen LogP contribution in [-0.2, 0) is 9.59 Å². The van der Waals surface area contributed by atoms with Gasteiger partial charge in [-0.1, -0.05) is 33.8 Å². The van der Waals surface area contributed by atoms with Gasteiger partial charge < -0.3 is 19.6 Å². The average Bonchev–Trinajstić information content (AvgIpc) is 3.08. The maximum Gasteiger partial charge on any atom is 0.295 e. The number of ether oxygens (including phenoxy) is 1. The first kappa shape index (κ1) is 24.5. The molecule has 0 aliphatic carbocycles. The van der Waals surface area contributed by atoms with Gasteiger partial charge >= 0.3 is 0 Å². The van der Waals surface area contributed by atoms with Crippen LogP contribution < -0.4 is 4.74 Å². The molecule has 2 aromatic rings. The molecule has 1 amide bonds. The van der Waals surface area contributed by atoms with Gasteiger partial charge in [0.1, 0.15) is 11.5 Å². The van der Waals surface area contributed by atoms with E-state index >= 15 is 0 Å². The Bertz CT molecular complexity index is 982. The molecule has 0 unspecified atom stereocenters. The summed E-state index contributed by atoms with van der Waals surface area (Å²) in [7, 11) is 0. The molecule has 0 radical (unpaired) electrons. The molecule has 176 valence electrons. The largest absolute Gasteiger partial charge is 0.507 e. The number of aliphatic hydroxyl groups is 1. The fourth-order valence-corrected chi connectivity index (χ4v) is 3.91. The van der Waals surface area contributed by atoms with Crippen LogP contribution in [0.4, 0.5) is 0 Å². The zero-order valence-electron chi connectivity index (χ0n) is 19.8. The molecule has 1 aliphatic heterocycles. The van der Waals surface area contributed by atoms with Crippen LogP contribution in [0.25, 0.3) is 5.76 Å². The Hall–Kier alpha value is -3.19. The summed E-state index contributed by atoms with van der Waals surface area (Å²) in [5.41, 5.74) is 1.24. The lowest BCUT2D eigenvalue weighted by atomic mass is 9.96. The third-order valence-corrected chi connectivity index (χ3v) is 5.80. The van der Waals surface area contributed by atoms with Crippen molar-refractivity contribution in [1.29, 1.82) is 0 Å². The van der Waals surface area contributed by atoms with Crippen molar-refractivity contribution in [3.63, 3.8) is 0 Å². The highest BCUT2D eigenvalue weighted by Gasteiger charge is 2.46. The number of rotatable bonds is 10. The first-order valence-electron chi connectivity index (χ1n) is 11.5. The fourth-order valence-electron chi connectivity index (χ4n) is 3.91. The van der Waals surface area contributed by atoms with Gasteiger partial charge in [-0.05, 0) is 54.9 Å². The van der Waals surface area contributed by atoms with E-state index < -0.39 is 17.7 Å². The number of hydrogen-bond donors (Lipinski definition) is 1. The molecule has 1 saturated heterocycles. The van der Waals surface area contributed by atoms with E-state index in [4.69, 9.17) is 4.74 Å². The summed E-state index contributed by atoms with van der Waals surface area (Å²) in [6.45, 7) is 11.6. The van der Waals surface area contributed by atoms with Crippen LogP contribution in [0.3, 0.4) is 0 Å². The Balaban J connectivity index is 1.98. The van der Waals surface area contributed by atoms with Gasteiger partial charge in [0, 0.05) is 31.0 Å². The SMILES string of the molecule is CCN(CC)CCN1C(=O)C(=O)/C(=C(/O)c2ccc(OCC(C)C)cc2)[C@@H]1c1cccnc1. The van der Waals surface area contributed by atoms with Gasteiger partial charge in [-0.3, -0.25) is 14.6 Å². The standard InChI is InChI=1S/C26H33N3O4/c1-5-28(6-2)14-15-29-23(20-8-7-13-27-16-20)22(25(31)26(29)32)24(30)19-9-11-21(12-10-19)33-17-18(3)4/h7-13,16,18,23,30H,5-6,14-15,17H2,1-4H3/b24-22+/t23-/m0/s1. The lowest BCUT2D eigenvalue weighted by Gasteiger charge is -2.28. The van der Waals surface area contributed by atoms with Gasteiger partial charge in [-0.25, -0.2) is 0 Å². The number of ketones is 1. The molecule has 2 heterocycles. The molecule has 33 heavy (non-hydrogen) atoms. The molecule has 0 saturated carbocycles. The zero-order chi connectivity index (χ0) is 24.0. The van der Waals surface area contributed by atoms with Gasteiger partial charge in [0.15, 0.2) is 0 Å². The zero-order valence-corrected chi connectivity index (χ0v) is 19.8. The minimum absolute atomic E-state index is 0.0865. The third-order valence-electron chi connectivity index (χ3n) is 5.80. The van der Waals surface area contributed by atoms with E-state index in [1.54, 1.807) is 47.6 Å². The number of hydrogen-bond acceptors (Lipinski definition) is 6. The van der Waals surface area contributed by atoms with Crippen LogP contribution in [0, 0.1) is 5.92 Å². The lowest BCUT2D eigenvalue weighted by molar-refractivity contribution is -0.140. The van der Waals surface area contributed by atoms with Crippen molar-refractivity contribution < 1.29 is 19.4 Å². The highest BCUT2D eigenvalue weighted by Crippen LogP contribution is 2.39. The molecule has 0 spiro atoms. The van der Waals surface area contributed by atoms with Crippen LogP contribution in [0.5, 0.6) is 5.75 Å². The van der Waals surface area contributed by atoms with Gasteiger partial charge in [-0.15, -0.1) is 0 Å². The Morgan fingerprint density at radius 1 is 1.15 bits per heavy atom.